The Hall–Kier alpha value is -1.07. The molecule has 0 aromatic heterocycles. The zero-order valence-corrected chi connectivity index (χ0v) is 12.2. The summed E-state index contributed by atoms with van der Waals surface area (Å²) in [6.45, 7) is 2.14. The van der Waals surface area contributed by atoms with E-state index >= 15 is 0 Å². The summed E-state index contributed by atoms with van der Waals surface area (Å²) in [4.78, 5) is 11.0. The molecule has 0 heterocycles. The van der Waals surface area contributed by atoms with Gasteiger partial charge in [0, 0.05) is 23.5 Å². The molecular formula is C13H18BrNO3. The molecule has 2 N–H and O–H groups in total. The van der Waals surface area contributed by atoms with Crippen LogP contribution < -0.4 is 10.1 Å². The van der Waals surface area contributed by atoms with E-state index in [1.54, 1.807) is 14.0 Å². The van der Waals surface area contributed by atoms with E-state index in [2.05, 4.69) is 21.2 Å². The van der Waals surface area contributed by atoms with Gasteiger partial charge in [0.1, 0.15) is 5.75 Å². The van der Waals surface area contributed by atoms with Gasteiger partial charge >= 0.3 is 0 Å². The second kappa shape index (κ2) is 7.38. The smallest absolute Gasteiger partial charge is 0.219 e. The van der Waals surface area contributed by atoms with Crippen LogP contribution in [-0.2, 0) is 4.79 Å². The molecule has 1 aromatic rings. The minimum absolute atomic E-state index is 0.00333. The molecule has 0 unspecified atom stereocenters. The third-order valence-corrected chi connectivity index (χ3v) is 3.00. The van der Waals surface area contributed by atoms with Crippen molar-refractivity contribution in [1.82, 2.24) is 5.32 Å². The molecule has 100 valence electrons. The summed E-state index contributed by atoms with van der Waals surface area (Å²) in [5, 5.41) is 12.2. The molecule has 1 amide bonds. The van der Waals surface area contributed by atoms with Gasteiger partial charge in [-0.15, -0.1) is 0 Å². The molecule has 5 heteroatoms. The Bertz CT molecular complexity index is 407. The van der Waals surface area contributed by atoms with E-state index in [-0.39, 0.29) is 5.91 Å². The van der Waals surface area contributed by atoms with Crippen molar-refractivity contribution in [3.05, 3.63) is 28.2 Å². The lowest BCUT2D eigenvalue weighted by molar-refractivity contribution is -0.120. The van der Waals surface area contributed by atoms with Crippen molar-refractivity contribution in [3.63, 3.8) is 0 Å². The summed E-state index contributed by atoms with van der Waals surface area (Å²) in [7, 11) is 1.61. The quantitative estimate of drug-likeness (QED) is 0.793. The fourth-order valence-electron chi connectivity index (χ4n) is 1.52. The number of aliphatic hydroxyl groups is 1. The second-order valence-electron chi connectivity index (χ2n) is 3.98. The largest absolute Gasteiger partial charge is 0.493 e. The highest BCUT2D eigenvalue weighted by Crippen LogP contribution is 2.28. The van der Waals surface area contributed by atoms with Gasteiger partial charge in [-0.1, -0.05) is 22.0 Å². The third kappa shape index (κ3) is 4.66. The second-order valence-corrected chi connectivity index (χ2v) is 4.90. The summed E-state index contributed by atoms with van der Waals surface area (Å²) in [6, 6.07) is 5.50. The average Bonchev–Trinajstić information content (AvgIpc) is 2.34. The lowest BCUT2D eigenvalue weighted by Gasteiger charge is -2.13. The fourth-order valence-corrected chi connectivity index (χ4v) is 1.86. The zero-order chi connectivity index (χ0) is 13.5. The van der Waals surface area contributed by atoms with Crippen LogP contribution >= 0.6 is 15.9 Å². The van der Waals surface area contributed by atoms with Crippen molar-refractivity contribution in [2.75, 3.05) is 13.7 Å². The lowest BCUT2D eigenvalue weighted by Crippen LogP contribution is -2.18. The van der Waals surface area contributed by atoms with E-state index in [4.69, 9.17) is 4.74 Å². The van der Waals surface area contributed by atoms with E-state index < -0.39 is 6.10 Å². The Morgan fingerprint density at radius 3 is 2.89 bits per heavy atom. The number of carbonyl (C=O) groups is 1. The molecule has 1 aromatic carbocycles. The molecule has 0 aliphatic heterocycles. The van der Waals surface area contributed by atoms with Crippen molar-refractivity contribution in [2.45, 2.75) is 25.9 Å². The monoisotopic (exact) mass is 315 g/mol. The first kappa shape index (κ1) is 15.0. The normalized spacial score (nSPS) is 12.0. The molecular weight excluding hydrogens is 298 g/mol. The van der Waals surface area contributed by atoms with E-state index in [0.29, 0.717) is 25.2 Å². The van der Waals surface area contributed by atoms with Gasteiger partial charge in [-0.25, -0.2) is 0 Å². The van der Waals surface area contributed by atoms with Crippen molar-refractivity contribution in [1.29, 1.82) is 0 Å². The summed E-state index contributed by atoms with van der Waals surface area (Å²) in [6.07, 6.45) is 0.506. The van der Waals surface area contributed by atoms with Gasteiger partial charge in [0.05, 0.1) is 12.7 Å². The highest BCUT2D eigenvalue weighted by atomic mass is 79.9. The topological polar surface area (TPSA) is 58.6 Å². The maximum absolute atomic E-state index is 11.0. The fraction of sp³-hybridized carbons (Fsp3) is 0.462. The van der Waals surface area contributed by atoms with Gasteiger partial charge in [0.2, 0.25) is 5.91 Å². The number of aliphatic hydroxyl groups excluding tert-OH is 1. The summed E-state index contributed by atoms with van der Waals surface area (Å²) in [5.74, 6) is 0.653. The lowest BCUT2D eigenvalue weighted by atomic mass is 10.1. The van der Waals surface area contributed by atoms with E-state index in [0.717, 1.165) is 10.0 Å². The van der Waals surface area contributed by atoms with Crippen molar-refractivity contribution in [2.24, 2.45) is 0 Å². The number of hydrogen-bond acceptors (Lipinski definition) is 3. The van der Waals surface area contributed by atoms with Crippen LogP contribution in [0.1, 0.15) is 31.4 Å². The molecule has 1 rings (SSSR count). The van der Waals surface area contributed by atoms with Crippen molar-refractivity contribution >= 4 is 21.8 Å². The van der Waals surface area contributed by atoms with Gasteiger partial charge in [-0.2, -0.15) is 0 Å². The van der Waals surface area contributed by atoms with Gasteiger partial charge in [0.25, 0.3) is 0 Å². The predicted octanol–water partition coefficient (Wildman–Crippen LogP) is 2.41. The minimum atomic E-state index is -0.577. The predicted molar refractivity (Wildman–Crippen MR) is 73.6 cm³/mol. The van der Waals surface area contributed by atoms with Crippen LogP contribution in [-0.4, -0.2) is 24.7 Å². The SMILES string of the molecule is CNC(=O)CCCOc1cc(Br)ccc1[C@H](C)O. The Morgan fingerprint density at radius 2 is 2.28 bits per heavy atom. The van der Waals surface area contributed by atoms with Gasteiger partial charge in [-0.05, 0) is 25.5 Å². The highest BCUT2D eigenvalue weighted by molar-refractivity contribution is 9.10. The number of benzene rings is 1. The number of nitrogens with one attached hydrogen (secondary N) is 1. The number of rotatable bonds is 6. The van der Waals surface area contributed by atoms with Crippen LogP contribution in [0.4, 0.5) is 0 Å². The number of halogens is 1. The first-order valence-corrected chi connectivity index (χ1v) is 6.64. The Morgan fingerprint density at radius 1 is 1.56 bits per heavy atom. The molecule has 18 heavy (non-hydrogen) atoms. The van der Waals surface area contributed by atoms with Gasteiger partial charge in [0.15, 0.2) is 0 Å². The van der Waals surface area contributed by atoms with Crippen LogP contribution in [0.3, 0.4) is 0 Å². The molecule has 0 saturated carbocycles. The first-order chi connectivity index (χ1) is 8.54. The molecule has 0 aliphatic carbocycles. The summed E-state index contributed by atoms with van der Waals surface area (Å²) in [5.41, 5.74) is 0.748. The van der Waals surface area contributed by atoms with Crippen LogP contribution in [0.15, 0.2) is 22.7 Å². The summed E-state index contributed by atoms with van der Waals surface area (Å²) >= 11 is 3.36. The highest BCUT2D eigenvalue weighted by Gasteiger charge is 2.09. The van der Waals surface area contributed by atoms with Crippen LogP contribution in [0.2, 0.25) is 0 Å². The maximum atomic E-state index is 11.0. The first-order valence-electron chi connectivity index (χ1n) is 5.85. The van der Waals surface area contributed by atoms with Crippen LogP contribution in [0.5, 0.6) is 5.75 Å². The van der Waals surface area contributed by atoms with E-state index in [1.807, 2.05) is 18.2 Å². The zero-order valence-electron chi connectivity index (χ0n) is 10.6. The summed E-state index contributed by atoms with van der Waals surface area (Å²) < 4.78 is 6.50. The number of hydrogen-bond donors (Lipinski definition) is 2. The molecule has 0 saturated heterocycles. The van der Waals surface area contributed by atoms with E-state index in [9.17, 15) is 9.90 Å². The minimum Gasteiger partial charge on any atom is -0.493 e. The molecule has 0 aliphatic rings. The van der Waals surface area contributed by atoms with Crippen LogP contribution in [0, 0.1) is 0 Å². The van der Waals surface area contributed by atoms with Gasteiger partial charge in [-0.3, -0.25) is 4.79 Å². The van der Waals surface area contributed by atoms with Crippen molar-refractivity contribution < 1.29 is 14.6 Å². The molecule has 1 atom stereocenters. The Labute approximate surface area is 115 Å². The molecule has 0 bridgehead atoms. The maximum Gasteiger partial charge on any atom is 0.219 e. The number of amides is 1. The number of ether oxygens (including phenoxy) is 1. The van der Waals surface area contributed by atoms with Crippen molar-refractivity contribution in [3.8, 4) is 5.75 Å². The average molecular weight is 316 g/mol. The Kier molecular flexibility index (Phi) is 6.15. The van der Waals surface area contributed by atoms with Crippen LogP contribution in [0.25, 0.3) is 0 Å². The molecule has 0 radical (unpaired) electrons. The third-order valence-electron chi connectivity index (χ3n) is 2.51. The Balaban J connectivity index is 2.55. The van der Waals surface area contributed by atoms with Gasteiger partial charge < -0.3 is 15.2 Å². The molecule has 0 spiro atoms. The van der Waals surface area contributed by atoms with E-state index in [1.165, 1.54) is 0 Å². The standard InChI is InChI=1S/C13H18BrNO3/c1-9(16)11-6-5-10(14)8-12(11)18-7-3-4-13(17)15-2/h5-6,8-9,16H,3-4,7H2,1-2H3,(H,15,17)/t9-/m0/s1. The number of carbonyl (C=O) groups excluding carboxylic acids is 1. The molecule has 0 fully saturated rings. The molecule has 4 nitrogen and oxygen atoms in total.